The van der Waals surface area contributed by atoms with E-state index in [-0.39, 0.29) is 13.2 Å². The molecule has 22 heavy (non-hydrogen) atoms. The first-order valence-corrected chi connectivity index (χ1v) is 7.95. The van der Waals surface area contributed by atoms with E-state index in [9.17, 15) is 0 Å². The standard InChI is InChI=1S/C18H26N2O2/c1-19-10-11-20(15-18(19)9-13-22)14-17-7-5-16(6-8-17)4-2-3-12-21/h5-8,18,21-22H,3,9-15H2,1H3/t18-/m0/s1. The Morgan fingerprint density at radius 2 is 1.91 bits per heavy atom. The molecular formula is C18H26N2O2. The van der Waals surface area contributed by atoms with Crippen molar-refractivity contribution in [3.8, 4) is 11.8 Å². The van der Waals surface area contributed by atoms with E-state index in [0.717, 1.165) is 38.2 Å². The number of likely N-dealkylation sites (N-methyl/N-ethyl adjacent to an activating group) is 1. The summed E-state index contributed by atoms with van der Waals surface area (Å²) in [7, 11) is 2.14. The van der Waals surface area contributed by atoms with Gasteiger partial charge in [-0.05, 0) is 31.2 Å². The summed E-state index contributed by atoms with van der Waals surface area (Å²) in [5.74, 6) is 5.99. The summed E-state index contributed by atoms with van der Waals surface area (Å²) in [5, 5.41) is 17.9. The number of hydrogen-bond acceptors (Lipinski definition) is 4. The molecule has 120 valence electrons. The third-order valence-electron chi connectivity index (χ3n) is 4.15. The van der Waals surface area contributed by atoms with Gasteiger partial charge >= 0.3 is 0 Å². The van der Waals surface area contributed by atoms with Crippen LogP contribution in [0.25, 0.3) is 0 Å². The van der Waals surface area contributed by atoms with E-state index >= 15 is 0 Å². The fourth-order valence-electron chi connectivity index (χ4n) is 2.79. The van der Waals surface area contributed by atoms with Crippen LogP contribution in [0.15, 0.2) is 24.3 Å². The van der Waals surface area contributed by atoms with Gasteiger partial charge < -0.3 is 15.1 Å². The Morgan fingerprint density at radius 3 is 2.59 bits per heavy atom. The molecule has 4 heteroatoms. The molecule has 0 aromatic heterocycles. The van der Waals surface area contributed by atoms with Crippen LogP contribution >= 0.6 is 0 Å². The van der Waals surface area contributed by atoms with E-state index in [0.29, 0.717) is 12.5 Å². The average Bonchev–Trinajstić information content (AvgIpc) is 2.53. The van der Waals surface area contributed by atoms with Crippen LogP contribution in [0.5, 0.6) is 0 Å². The van der Waals surface area contributed by atoms with Crippen molar-refractivity contribution in [2.24, 2.45) is 0 Å². The third-order valence-corrected chi connectivity index (χ3v) is 4.15. The summed E-state index contributed by atoms with van der Waals surface area (Å²) in [5.41, 5.74) is 2.29. The van der Waals surface area contributed by atoms with E-state index in [4.69, 9.17) is 10.2 Å². The lowest BCUT2D eigenvalue weighted by atomic mass is 10.1. The van der Waals surface area contributed by atoms with Gasteiger partial charge in [0.1, 0.15) is 0 Å². The number of rotatable bonds is 5. The maximum absolute atomic E-state index is 9.16. The highest BCUT2D eigenvalue weighted by molar-refractivity contribution is 5.36. The van der Waals surface area contributed by atoms with Crippen LogP contribution in [0, 0.1) is 11.8 Å². The minimum absolute atomic E-state index is 0.115. The molecule has 1 aromatic carbocycles. The van der Waals surface area contributed by atoms with E-state index in [1.807, 2.05) is 12.1 Å². The molecule has 0 unspecified atom stereocenters. The summed E-state index contributed by atoms with van der Waals surface area (Å²) >= 11 is 0. The van der Waals surface area contributed by atoms with Crippen LogP contribution in [0.2, 0.25) is 0 Å². The van der Waals surface area contributed by atoms with Crippen molar-refractivity contribution in [1.82, 2.24) is 9.80 Å². The zero-order valence-electron chi connectivity index (χ0n) is 13.3. The molecule has 1 atom stereocenters. The molecule has 2 N–H and O–H groups in total. The minimum atomic E-state index is 0.115. The van der Waals surface area contributed by atoms with Gasteiger partial charge in [-0.1, -0.05) is 24.0 Å². The Kier molecular flexibility index (Phi) is 6.88. The number of benzene rings is 1. The van der Waals surface area contributed by atoms with Gasteiger partial charge in [0.05, 0.1) is 6.61 Å². The maximum Gasteiger partial charge on any atom is 0.0540 e. The molecule has 1 saturated heterocycles. The molecule has 1 fully saturated rings. The molecule has 0 aliphatic carbocycles. The Balaban J connectivity index is 1.89. The van der Waals surface area contributed by atoms with E-state index in [1.165, 1.54) is 5.56 Å². The van der Waals surface area contributed by atoms with E-state index in [1.54, 1.807) is 0 Å². The molecule has 1 aromatic rings. The zero-order chi connectivity index (χ0) is 15.8. The average molecular weight is 302 g/mol. The Labute approximate surface area is 133 Å². The lowest BCUT2D eigenvalue weighted by molar-refractivity contribution is 0.0743. The number of aliphatic hydroxyl groups excluding tert-OH is 2. The van der Waals surface area contributed by atoms with Gasteiger partial charge in [-0.3, -0.25) is 4.90 Å². The highest BCUT2D eigenvalue weighted by Gasteiger charge is 2.23. The summed E-state index contributed by atoms with van der Waals surface area (Å²) in [4.78, 5) is 4.79. The Morgan fingerprint density at radius 1 is 1.14 bits per heavy atom. The molecule has 0 saturated carbocycles. The topological polar surface area (TPSA) is 46.9 Å². The van der Waals surface area contributed by atoms with E-state index in [2.05, 4.69) is 40.8 Å². The van der Waals surface area contributed by atoms with Crippen molar-refractivity contribution in [3.05, 3.63) is 35.4 Å². The molecule has 4 nitrogen and oxygen atoms in total. The second kappa shape index (κ2) is 8.92. The first-order chi connectivity index (χ1) is 10.7. The predicted octanol–water partition coefficient (Wildman–Crippen LogP) is 0.919. The molecule has 0 bridgehead atoms. The van der Waals surface area contributed by atoms with Crippen molar-refractivity contribution < 1.29 is 10.2 Å². The highest BCUT2D eigenvalue weighted by atomic mass is 16.3. The second-order valence-electron chi connectivity index (χ2n) is 5.85. The molecule has 0 amide bonds. The van der Waals surface area contributed by atoms with Crippen LogP contribution in [-0.4, -0.2) is 66.0 Å². The van der Waals surface area contributed by atoms with Gasteiger partial charge in [-0.15, -0.1) is 0 Å². The van der Waals surface area contributed by atoms with Crippen LogP contribution in [0.1, 0.15) is 24.0 Å². The summed E-state index contributed by atoms with van der Waals surface area (Å²) in [6.45, 7) is 4.44. The number of hydrogen-bond donors (Lipinski definition) is 2. The SMILES string of the molecule is CN1CCN(Cc2ccc(C#CCCO)cc2)C[C@@H]1CCO. The van der Waals surface area contributed by atoms with Gasteiger partial charge in [-0.2, -0.15) is 0 Å². The highest BCUT2D eigenvalue weighted by Crippen LogP contribution is 2.14. The summed E-state index contributed by atoms with van der Waals surface area (Å²) in [6.07, 6.45) is 1.36. The monoisotopic (exact) mass is 302 g/mol. The van der Waals surface area contributed by atoms with Crippen molar-refractivity contribution in [2.45, 2.75) is 25.4 Å². The minimum Gasteiger partial charge on any atom is -0.396 e. The van der Waals surface area contributed by atoms with Crippen LogP contribution in [0.4, 0.5) is 0 Å². The zero-order valence-corrected chi connectivity index (χ0v) is 13.3. The first-order valence-electron chi connectivity index (χ1n) is 7.95. The summed E-state index contributed by atoms with van der Waals surface area (Å²) in [6, 6.07) is 8.79. The molecule has 0 spiro atoms. The third kappa shape index (κ3) is 5.11. The van der Waals surface area contributed by atoms with Crippen molar-refractivity contribution in [1.29, 1.82) is 0 Å². The van der Waals surface area contributed by atoms with Gasteiger partial charge in [0.2, 0.25) is 0 Å². The normalized spacial score (nSPS) is 19.7. The van der Waals surface area contributed by atoms with Gasteiger partial charge in [-0.25, -0.2) is 0 Å². The fraction of sp³-hybridized carbons (Fsp3) is 0.556. The van der Waals surface area contributed by atoms with Gasteiger partial charge in [0.15, 0.2) is 0 Å². The molecule has 1 aliphatic rings. The number of aliphatic hydroxyl groups is 2. The number of nitrogens with zero attached hydrogens (tertiary/aromatic N) is 2. The second-order valence-corrected chi connectivity index (χ2v) is 5.85. The maximum atomic E-state index is 9.16. The van der Waals surface area contributed by atoms with E-state index < -0.39 is 0 Å². The quantitative estimate of drug-likeness (QED) is 0.794. The fourth-order valence-corrected chi connectivity index (χ4v) is 2.79. The smallest absolute Gasteiger partial charge is 0.0540 e. The molecule has 1 heterocycles. The lowest BCUT2D eigenvalue weighted by Gasteiger charge is -2.39. The van der Waals surface area contributed by atoms with Gasteiger partial charge in [0, 0.05) is 50.8 Å². The first kappa shape index (κ1) is 17.0. The van der Waals surface area contributed by atoms with Crippen molar-refractivity contribution in [3.63, 3.8) is 0 Å². The molecule has 1 aliphatic heterocycles. The summed E-state index contributed by atoms with van der Waals surface area (Å²) < 4.78 is 0. The van der Waals surface area contributed by atoms with Crippen LogP contribution in [0.3, 0.4) is 0 Å². The number of piperazine rings is 1. The largest absolute Gasteiger partial charge is 0.396 e. The van der Waals surface area contributed by atoms with Crippen molar-refractivity contribution in [2.75, 3.05) is 39.9 Å². The Hall–Kier alpha value is -1.38. The van der Waals surface area contributed by atoms with Crippen LogP contribution in [-0.2, 0) is 6.54 Å². The van der Waals surface area contributed by atoms with Crippen LogP contribution < -0.4 is 0 Å². The van der Waals surface area contributed by atoms with Gasteiger partial charge in [0.25, 0.3) is 0 Å². The predicted molar refractivity (Wildman–Crippen MR) is 88.4 cm³/mol. The van der Waals surface area contributed by atoms with Crippen molar-refractivity contribution >= 4 is 0 Å². The molecular weight excluding hydrogens is 276 g/mol. The molecule has 2 rings (SSSR count). The molecule has 0 radical (unpaired) electrons. The lowest BCUT2D eigenvalue weighted by Crippen LogP contribution is -2.51. The Bertz CT molecular complexity index is 504.